The van der Waals surface area contributed by atoms with Crippen LogP contribution in [0.2, 0.25) is 0 Å². The van der Waals surface area contributed by atoms with E-state index in [0.717, 1.165) is 23.1 Å². The van der Waals surface area contributed by atoms with E-state index in [-0.39, 0.29) is 0 Å². The fraction of sp³-hybridized carbons (Fsp3) is 0.438. The second-order valence-electron chi connectivity index (χ2n) is 5.85. The van der Waals surface area contributed by atoms with E-state index in [0.29, 0.717) is 12.0 Å². The van der Waals surface area contributed by atoms with Gasteiger partial charge in [0.05, 0.1) is 16.9 Å². The normalized spacial score (nSPS) is 15.1. The van der Waals surface area contributed by atoms with E-state index in [9.17, 15) is 0 Å². The van der Waals surface area contributed by atoms with Crippen molar-refractivity contribution in [2.75, 3.05) is 17.2 Å². The van der Waals surface area contributed by atoms with Gasteiger partial charge in [-0.3, -0.25) is 4.98 Å². The molecular weight excluding hydrogens is 234 g/mol. The van der Waals surface area contributed by atoms with Gasteiger partial charge >= 0.3 is 0 Å². The van der Waals surface area contributed by atoms with E-state index in [1.807, 2.05) is 12.3 Å². The summed E-state index contributed by atoms with van der Waals surface area (Å²) >= 11 is 0. The van der Waals surface area contributed by atoms with Crippen LogP contribution < -0.4 is 10.6 Å². The van der Waals surface area contributed by atoms with Crippen molar-refractivity contribution in [3.63, 3.8) is 0 Å². The van der Waals surface area contributed by atoms with Crippen molar-refractivity contribution in [3.8, 4) is 0 Å². The molecule has 100 valence electrons. The van der Waals surface area contributed by atoms with Crippen LogP contribution in [0.4, 0.5) is 11.4 Å². The molecule has 1 saturated carbocycles. The molecule has 0 radical (unpaired) electrons. The highest BCUT2D eigenvalue weighted by atomic mass is 15.2. The van der Waals surface area contributed by atoms with Crippen molar-refractivity contribution >= 4 is 22.3 Å². The third-order valence-electron chi connectivity index (χ3n) is 3.66. The second kappa shape index (κ2) is 4.72. The Hall–Kier alpha value is -1.77. The maximum Gasteiger partial charge on any atom is 0.0724 e. The van der Waals surface area contributed by atoms with Crippen molar-refractivity contribution in [2.24, 2.45) is 5.92 Å². The van der Waals surface area contributed by atoms with Gasteiger partial charge in [0.15, 0.2) is 0 Å². The van der Waals surface area contributed by atoms with Crippen molar-refractivity contribution < 1.29 is 0 Å². The van der Waals surface area contributed by atoms with Crippen molar-refractivity contribution in [3.05, 3.63) is 30.5 Å². The number of rotatable bonds is 4. The Morgan fingerprint density at radius 2 is 2.11 bits per heavy atom. The molecule has 3 heteroatoms. The molecule has 2 aromatic rings. The Morgan fingerprint density at radius 1 is 1.32 bits per heavy atom. The predicted molar refractivity (Wildman–Crippen MR) is 81.4 cm³/mol. The SMILES string of the molecule is CC(C)CN(c1ccc2ncccc2c1N)C1CC1. The number of nitrogens with zero attached hydrogens (tertiary/aromatic N) is 2. The summed E-state index contributed by atoms with van der Waals surface area (Å²) in [6.07, 6.45) is 4.39. The second-order valence-corrected chi connectivity index (χ2v) is 5.85. The molecule has 1 heterocycles. The van der Waals surface area contributed by atoms with Crippen LogP contribution in [0.25, 0.3) is 10.9 Å². The summed E-state index contributed by atoms with van der Waals surface area (Å²) in [5, 5.41) is 1.06. The zero-order valence-electron chi connectivity index (χ0n) is 11.6. The molecule has 0 atom stereocenters. The molecule has 0 bridgehead atoms. The lowest BCUT2D eigenvalue weighted by Gasteiger charge is -2.28. The van der Waals surface area contributed by atoms with Crippen molar-refractivity contribution in [2.45, 2.75) is 32.7 Å². The van der Waals surface area contributed by atoms with Crippen LogP contribution in [0, 0.1) is 5.92 Å². The first kappa shape index (κ1) is 12.3. The summed E-state index contributed by atoms with van der Waals surface area (Å²) in [7, 11) is 0. The summed E-state index contributed by atoms with van der Waals surface area (Å²) < 4.78 is 0. The van der Waals surface area contributed by atoms with Gasteiger partial charge < -0.3 is 10.6 Å². The maximum atomic E-state index is 6.38. The molecule has 1 aromatic carbocycles. The number of nitrogens with two attached hydrogens (primary N) is 1. The Balaban J connectivity index is 2.05. The third-order valence-corrected chi connectivity index (χ3v) is 3.66. The lowest BCUT2D eigenvalue weighted by atomic mass is 10.1. The van der Waals surface area contributed by atoms with Crippen LogP contribution in [-0.4, -0.2) is 17.6 Å². The van der Waals surface area contributed by atoms with Gasteiger partial charge in [-0.25, -0.2) is 0 Å². The molecule has 1 aromatic heterocycles. The average molecular weight is 255 g/mol. The molecule has 0 amide bonds. The number of benzene rings is 1. The van der Waals surface area contributed by atoms with Crippen LogP contribution in [0.3, 0.4) is 0 Å². The molecule has 1 aliphatic carbocycles. The van der Waals surface area contributed by atoms with Crippen molar-refractivity contribution in [1.82, 2.24) is 4.98 Å². The van der Waals surface area contributed by atoms with Gasteiger partial charge in [-0.15, -0.1) is 0 Å². The highest BCUT2D eigenvalue weighted by Crippen LogP contribution is 2.38. The van der Waals surface area contributed by atoms with Gasteiger partial charge in [0.25, 0.3) is 0 Å². The minimum atomic E-state index is 0.643. The van der Waals surface area contributed by atoms with E-state index < -0.39 is 0 Å². The molecule has 1 aliphatic rings. The van der Waals surface area contributed by atoms with E-state index in [4.69, 9.17) is 5.73 Å². The first-order valence-corrected chi connectivity index (χ1v) is 7.06. The van der Waals surface area contributed by atoms with E-state index in [1.165, 1.54) is 18.5 Å². The molecule has 2 N–H and O–H groups in total. The Labute approximate surface area is 114 Å². The zero-order valence-corrected chi connectivity index (χ0v) is 11.6. The minimum Gasteiger partial charge on any atom is -0.396 e. The van der Waals surface area contributed by atoms with Gasteiger partial charge in [0, 0.05) is 24.2 Å². The molecule has 0 spiro atoms. The molecule has 0 unspecified atom stereocenters. The first-order chi connectivity index (χ1) is 9.16. The smallest absolute Gasteiger partial charge is 0.0724 e. The van der Waals surface area contributed by atoms with Gasteiger partial charge in [0.2, 0.25) is 0 Å². The zero-order chi connectivity index (χ0) is 13.4. The summed E-state index contributed by atoms with van der Waals surface area (Å²) in [6.45, 7) is 5.59. The number of anilines is 2. The fourth-order valence-corrected chi connectivity index (χ4v) is 2.64. The van der Waals surface area contributed by atoms with E-state index >= 15 is 0 Å². The Bertz CT molecular complexity index is 588. The van der Waals surface area contributed by atoms with Crippen LogP contribution in [0.5, 0.6) is 0 Å². The predicted octanol–water partition coefficient (Wildman–Crippen LogP) is 3.44. The van der Waals surface area contributed by atoms with Crippen LogP contribution in [0.1, 0.15) is 26.7 Å². The molecule has 3 nitrogen and oxygen atoms in total. The van der Waals surface area contributed by atoms with Gasteiger partial charge in [-0.1, -0.05) is 13.8 Å². The summed E-state index contributed by atoms with van der Waals surface area (Å²) in [6, 6.07) is 8.90. The highest BCUT2D eigenvalue weighted by molar-refractivity contribution is 5.97. The number of hydrogen-bond donors (Lipinski definition) is 1. The van der Waals surface area contributed by atoms with E-state index in [2.05, 4.69) is 41.9 Å². The summed E-state index contributed by atoms with van der Waals surface area (Å²) in [5.41, 5.74) is 9.41. The van der Waals surface area contributed by atoms with Crippen LogP contribution in [0.15, 0.2) is 30.5 Å². The summed E-state index contributed by atoms with van der Waals surface area (Å²) in [5.74, 6) is 0.643. The number of pyridine rings is 1. The standard InChI is InChI=1S/C16H21N3/c1-11(2)10-19(12-5-6-12)15-8-7-14-13(16(15)17)4-3-9-18-14/h3-4,7-9,11-12H,5-6,10,17H2,1-2H3. The maximum absolute atomic E-state index is 6.38. The van der Waals surface area contributed by atoms with Gasteiger partial charge in [-0.2, -0.15) is 0 Å². The highest BCUT2D eigenvalue weighted by Gasteiger charge is 2.30. The van der Waals surface area contributed by atoms with Gasteiger partial charge in [0.1, 0.15) is 0 Å². The molecule has 3 rings (SSSR count). The fourth-order valence-electron chi connectivity index (χ4n) is 2.64. The summed E-state index contributed by atoms with van der Waals surface area (Å²) in [4.78, 5) is 6.84. The number of hydrogen-bond acceptors (Lipinski definition) is 3. The van der Waals surface area contributed by atoms with Gasteiger partial charge in [-0.05, 0) is 43.0 Å². The molecule has 0 aliphatic heterocycles. The topological polar surface area (TPSA) is 42.2 Å². The number of fused-ring (bicyclic) bond motifs is 1. The van der Waals surface area contributed by atoms with Crippen LogP contribution in [-0.2, 0) is 0 Å². The number of aromatic nitrogens is 1. The molecular formula is C16H21N3. The Kier molecular flexibility index (Phi) is 3.05. The first-order valence-electron chi connectivity index (χ1n) is 7.06. The lowest BCUT2D eigenvalue weighted by molar-refractivity contribution is 0.608. The minimum absolute atomic E-state index is 0.643. The lowest BCUT2D eigenvalue weighted by Crippen LogP contribution is -2.30. The quantitative estimate of drug-likeness (QED) is 0.851. The largest absolute Gasteiger partial charge is 0.396 e. The molecule has 0 saturated heterocycles. The molecule has 19 heavy (non-hydrogen) atoms. The average Bonchev–Trinajstić information content (AvgIpc) is 3.21. The van der Waals surface area contributed by atoms with Crippen molar-refractivity contribution in [1.29, 1.82) is 0 Å². The third kappa shape index (κ3) is 2.37. The Morgan fingerprint density at radius 3 is 2.79 bits per heavy atom. The monoisotopic (exact) mass is 255 g/mol. The van der Waals surface area contributed by atoms with Crippen LogP contribution >= 0.6 is 0 Å². The van der Waals surface area contributed by atoms with E-state index in [1.54, 1.807) is 0 Å². The molecule has 1 fully saturated rings. The number of nitrogen functional groups attached to an aromatic ring is 1.